The van der Waals surface area contributed by atoms with Gasteiger partial charge < -0.3 is 10.0 Å². The van der Waals surface area contributed by atoms with Crippen molar-refractivity contribution in [3.63, 3.8) is 0 Å². The fraction of sp³-hybridized carbons (Fsp3) is 0.800. The molecule has 1 heterocycles. The fourth-order valence-electron chi connectivity index (χ4n) is 1.65. The van der Waals surface area contributed by atoms with E-state index < -0.39 is 32.9 Å². The molecule has 1 saturated heterocycles. The lowest BCUT2D eigenvalue weighted by molar-refractivity contribution is -0.150. The first-order valence-electron chi connectivity index (χ1n) is 5.35. The van der Waals surface area contributed by atoms with Crippen LogP contribution in [0.3, 0.4) is 0 Å². The van der Waals surface area contributed by atoms with E-state index in [-0.39, 0.29) is 5.92 Å². The van der Waals surface area contributed by atoms with E-state index in [0.29, 0.717) is 13.1 Å². The Balaban J connectivity index is 2.54. The van der Waals surface area contributed by atoms with Crippen LogP contribution in [0.1, 0.15) is 13.8 Å². The average molecular weight is 263 g/mol. The maximum atomic E-state index is 11.7. The zero-order chi connectivity index (χ0) is 13.4. The molecule has 2 atom stereocenters. The highest BCUT2D eigenvalue weighted by atomic mass is 32.2. The lowest BCUT2D eigenvalue weighted by Crippen LogP contribution is -2.56. The Bertz CT molecular complexity index is 424. The number of sulfone groups is 1. The van der Waals surface area contributed by atoms with Crippen molar-refractivity contribution >= 4 is 21.7 Å². The van der Waals surface area contributed by atoms with E-state index >= 15 is 0 Å². The molecular weight excluding hydrogens is 246 g/mol. The molecule has 1 rings (SSSR count). The smallest absolute Gasteiger partial charge is 0.306 e. The third kappa shape index (κ3) is 2.96. The van der Waals surface area contributed by atoms with Gasteiger partial charge in [-0.3, -0.25) is 9.59 Å². The molecular formula is C10H17NO5S. The number of amides is 1. The van der Waals surface area contributed by atoms with Crippen LogP contribution in [-0.2, 0) is 19.4 Å². The summed E-state index contributed by atoms with van der Waals surface area (Å²) < 4.78 is 22.4. The van der Waals surface area contributed by atoms with Gasteiger partial charge in [0.15, 0.2) is 9.84 Å². The number of carboxylic acid groups (broad SMARTS) is 1. The lowest BCUT2D eigenvalue weighted by atomic mass is 9.87. The van der Waals surface area contributed by atoms with Gasteiger partial charge in [-0.2, -0.15) is 0 Å². The van der Waals surface area contributed by atoms with E-state index in [2.05, 4.69) is 0 Å². The second-order valence-electron chi connectivity index (χ2n) is 4.60. The van der Waals surface area contributed by atoms with Crippen molar-refractivity contribution in [2.24, 2.45) is 11.8 Å². The summed E-state index contributed by atoms with van der Waals surface area (Å²) in [5, 5.41) is 7.73. The minimum absolute atomic E-state index is 0.0804. The highest BCUT2D eigenvalue weighted by Gasteiger charge is 2.40. The van der Waals surface area contributed by atoms with Crippen molar-refractivity contribution < 1.29 is 23.1 Å². The predicted octanol–water partition coefficient (Wildman–Crippen LogP) is -0.401. The largest absolute Gasteiger partial charge is 0.481 e. The van der Waals surface area contributed by atoms with Gasteiger partial charge in [0.25, 0.3) is 0 Å². The molecule has 17 heavy (non-hydrogen) atoms. The van der Waals surface area contributed by atoms with Crippen LogP contribution >= 0.6 is 0 Å². The standard InChI is InChI=1S/C10H17NO5S/c1-6(10(13)14)8-4-11(5-8)9(12)7(2)17(3,15)16/h6-8H,4-5H2,1-3H3,(H,13,14). The first-order valence-corrected chi connectivity index (χ1v) is 7.30. The van der Waals surface area contributed by atoms with Crippen LogP contribution in [0.15, 0.2) is 0 Å². The maximum absolute atomic E-state index is 11.7. The van der Waals surface area contributed by atoms with E-state index in [9.17, 15) is 18.0 Å². The first kappa shape index (κ1) is 14.0. The molecule has 0 spiro atoms. The SMILES string of the molecule is CC(C(=O)O)C1CN(C(=O)C(C)S(C)(=O)=O)C1. The summed E-state index contributed by atoms with van der Waals surface area (Å²) in [6, 6.07) is 0. The Morgan fingerprint density at radius 3 is 2.12 bits per heavy atom. The molecule has 98 valence electrons. The molecule has 6 nitrogen and oxygen atoms in total. The topological polar surface area (TPSA) is 91.8 Å². The zero-order valence-corrected chi connectivity index (χ0v) is 10.9. The number of rotatable bonds is 4. The molecule has 2 unspecified atom stereocenters. The number of carbonyl (C=O) groups excluding carboxylic acids is 1. The number of hydrogen-bond donors (Lipinski definition) is 1. The number of carbonyl (C=O) groups is 2. The molecule has 1 amide bonds. The van der Waals surface area contributed by atoms with E-state index in [4.69, 9.17) is 5.11 Å². The predicted molar refractivity (Wildman–Crippen MR) is 61.2 cm³/mol. The van der Waals surface area contributed by atoms with Gasteiger partial charge in [0.1, 0.15) is 5.25 Å². The second kappa shape index (κ2) is 4.64. The molecule has 7 heteroatoms. The molecule has 1 fully saturated rings. The van der Waals surface area contributed by atoms with E-state index in [1.54, 1.807) is 6.92 Å². The summed E-state index contributed by atoms with van der Waals surface area (Å²) in [7, 11) is -3.38. The third-order valence-electron chi connectivity index (χ3n) is 3.31. The van der Waals surface area contributed by atoms with Crippen molar-refractivity contribution in [1.29, 1.82) is 0 Å². The molecule has 1 aliphatic heterocycles. The van der Waals surface area contributed by atoms with Gasteiger partial charge >= 0.3 is 5.97 Å². The number of likely N-dealkylation sites (tertiary alicyclic amines) is 1. The van der Waals surface area contributed by atoms with Gasteiger partial charge in [0.05, 0.1) is 5.92 Å². The highest BCUT2D eigenvalue weighted by molar-refractivity contribution is 7.92. The quantitative estimate of drug-likeness (QED) is 0.745. The Morgan fingerprint density at radius 1 is 1.29 bits per heavy atom. The molecule has 0 bridgehead atoms. The van der Waals surface area contributed by atoms with E-state index in [0.717, 1.165) is 6.26 Å². The molecule has 0 aromatic heterocycles. The van der Waals surface area contributed by atoms with E-state index in [1.165, 1.54) is 11.8 Å². The average Bonchev–Trinajstić information content (AvgIpc) is 2.12. The van der Waals surface area contributed by atoms with Crippen molar-refractivity contribution in [3.05, 3.63) is 0 Å². The monoisotopic (exact) mass is 263 g/mol. The molecule has 0 aliphatic carbocycles. The van der Waals surface area contributed by atoms with Crippen LogP contribution in [0.4, 0.5) is 0 Å². The van der Waals surface area contributed by atoms with Gasteiger partial charge in [-0.05, 0) is 6.92 Å². The summed E-state index contributed by atoms with van der Waals surface area (Å²) >= 11 is 0. The number of nitrogens with zero attached hydrogens (tertiary/aromatic N) is 1. The van der Waals surface area contributed by atoms with Crippen LogP contribution in [0.5, 0.6) is 0 Å². The lowest BCUT2D eigenvalue weighted by Gasteiger charge is -2.42. The van der Waals surface area contributed by atoms with Gasteiger partial charge in [-0.15, -0.1) is 0 Å². The number of hydrogen-bond acceptors (Lipinski definition) is 4. The van der Waals surface area contributed by atoms with Gasteiger partial charge in [-0.25, -0.2) is 8.42 Å². The van der Waals surface area contributed by atoms with Crippen molar-refractivity contribution in [2.75, 3.05) is 19.3 Å². The Labute approximate surface area is 101 Å². The van der Waals surface area contributed by atoms with Crippen LogP contribution in [0, 0.1) is 11.8 Å². The molecule has 0 saturated carbocycles. The first-order chi connectivity index (χ1) is 7.64. The van der Waals surface area contributed by atoms with Crippen LogP contribution in [0.2, 0.25) is 0 Å². The molecule has 1 N–H and O–H groups in total. The van der Waals surface area contributed by atoms with E-state index in [1.807, 2.05) is 0 Å². The number of carboxylic acids is 1. The summed E-state index contributed by atoms with van der Waals surface area (Å²) in [4.78, 5) is 23.8. The van der Waals surface area contributed by atoms with Gasteiger partial charge in [0.2, 0.25) is 5.91 Å². The summed E-state index contributed by atoms with van der Waals surface area (Å²) in [5.41, 5.74) is 0. The zero-order valence-electron chi connectivity index (χ0n) is 10.1. The second-order valence-corrected chi connectivity index (χ2v) is 6.97. The molecule has 0 aromatic rings. The Hall–Kier alpha value is -1.11. The van der Waals surface area contributed by atoms with Gasteiger partial charge in [-0.1, -0.05) is 6.92 Å². The highest BCUT2D eigenvalue weighted by Crippen LogP contribution is 2.25. The Morgan fingerprint density at radius 2 is 1.76 bits per heavy atom. The molecule has 0 aromatic carbocycles. The molecule has 0 radical (unpaired) electrons. The van der Waals surface area contributed by atoms with Crippen molar-refractivity contribution in [1.82, 2.24) is 4.90 Å². The minimum Gasteiger partial charge on any atom is -0.481 e. The Kier molecular flexibility index (Phi) is 3.81. The van der Waals surface area contributed by atoms with Crippen molar-refractivity contribution in [3.8, 4) is 0 Å². The molecule has 1 aliphatic rings. The van der Waals surface area contributed by atoms with Crippen LogP contribution in [0.25, 0.3) is 0 Å². The number of aliphatic carboxylic acids is 1. The van der Waals surface area contributed by atoms with Gasteiger partial charge in [0, 0.05) is 25.3 Å². The van der Waals surface area contributed by atoms with Crippen molar-refractivity contribution in [2.45, 2.75) is 19.1 Å². The van der Waals surface area contributed by atoms with Crippen LogP contribution < -0.4 is 0 Å². The van der Waals surface area contributed by atoms with Crippen LogP contribution in [-0.4, -0.2) is 54.9 Å². The maximum Gasteiger partial charge on any atom is 0.306 e. The summed E-state index contributed by atoms with van der Waals surface area (Å²) in [6.45, 7) is 3.60. The normalized spacial score (nSPS) is 20.5. The summed E-state index contributed by atoms with van der Waals surface area (Å²) in [5.74, 6) is -1.92. The third-order valence-corrected chi connectivity index (χ3v) is 4.79. The fourth-order valence-corrected chi connectivity index (χ4v) is 2.17. The minimum atomic E-state index is -3.38. The summed E-state index contributed by atoms with van der Waals surface area (Å²) in [6.07, 6.45) is 1.02.